The molecule has 4 heteroatoms. The van der Waals surface area contributed by atoms with Crippen molar-refractivity contribution in [3.63, 3.8) is 0 Å². The van der Waals surface area contributed by atoms with Gasteiger partial charge in [-0.1, -0.05) is 54.6 Å². The Morgan fingerprint density at radius 3 is 2.21 bits per heavy atom. The van der Waals surface area contributed by atoms with Crippen LogP contribution in [0.25, 0.3) is 11.1 Å². The van der Waals surface area contributed by atoms with E-state index in [0.717, 1.165) is 29.8 Å². The molecule has 1 saturated heterocycles. The molecule has 0 amide bonds. The summed E-state index contributed by atoms with van der Waals surface area (Å²) in [7, 11) is 1.65. The number of methoxy groups -OCH3 is 1. The smallest absolute Gasteiger partial charge is 0.338 e. The Morgan fingerprint density at radius 1 is 0.897 bits per heavy atom. The molecule has 29 heavy (non-hydrogen) atoms. The summed E-state index contributed by atoms with van der Waals surface area (Å²) in [5, 5.41) is 3.34. The van der Waals surface area contributed by atoms with E-state index >= 15 is 0 Å². The Labute approximate surface area is 171 Å². The fourth-order valence-electron chi connectivity index (χ4n) is 3.82. The summed E-state index contributed by atoms with van der Waals surface area (Å²) in [6.45, 7) is 1.61. The van der Waals surface area contributed by atoms with Crippen molar-refractivity contribution in [3.05, 3.63) is 90.0 Å². The number of carbonyl (C=O) groups excluding carboxylic acids is 1. The van der Waals surface area contributed by atoms with E-state index in [1.54, 1.807) is 7.11 Å². The van der Waals surface area contributed by atoms with Gasteiger partial charge in [-0.15, -0.1) is 0 Å². The first kappa shape index (κ1) is 19.2. The normalized spacial score (nSPS) is 18.8. The first-order valence-corrected chi connectivity index (χ1v) is 9.96. The molecule has 1 aliphatic heterocycles. The molecule has 4 nitrogen and oxygen atoms in total. The standard InChI is InChI=1S/C25H25NO3/c1-28-22-13-11-19(12-14-22)18-7-9-21(10-8-18)25(27)29-24-17-26-16-15-23(24)20-5-3-2-4-6-20/h2-14,23-24,26H,15-17H2,1H3/t23-,24+/m0/s1. The van der Waals surface area contributed by atoms with Gasteiger partial charge in [-0.25, -0.2) is 4.79 Å². The van der Waals surface area contributed by atoms with Gasteiger partial charge in [0.15, 0.2) is 0 Å². The van der Waals surface area contributed by atoms with Crippen LogP contribution >= 0.6 is 0 Å². The number of hydrogen-bond donors (Lipinski definition) is 1. The van der Waals surface area contributed by atoms with Crippen LogP contribution in [0.3, 0.4) is 0 Å². The van der Waals surface area contributed by atoms with Crippen LogP contribution < -0.4 is 10.1 Å². The van der Waals surface area contributed by atoms with E-state index < -0.39 is 0 Å². The predicted octanol–water partition coefficient (Wildman–Crippen LogP) is 4.66. The van der Waals surface area contributed by atoms with Gasteiger partial charge in [-0.2, -0.15) is 0 Å². The van der Waals surface area contributed by atoms with Crippen molar-refractivity contribution in [1.82, 2.24) is 5.32 Å². The predicted molar refractivity (Wildman–Crippen MR) is 114 cm³/mol. The molecule has 1 aliphatic rings. The third kappa shape index (κ3) is 4.49. The fraction of sp³-hybridized carbons (Fsp3) is 0.240. The molecule has 0 aliphatic carbocycles. The maximum atomic E-state index is 12.8. The minimum absolute atomic E-state index is 0.167. The fourth-order valence-corrected chi connectivity index (χ4v) is 3.82. The van der Waals surface area contributed by atoms with Gasteiger partial charge < -0.3 is 14.8 Å². The van der Waals surface area contributed by atoms with Crippen LogP contribution in [0.4, 0.5) is 0 Å². The number of piperidine rings is 1. The number of rotatable bonds is 5. The SMILES string of the molecule is COc1ccc(-c2ccc(C(=O)O[C@@H]3CNCC[C@H]3c3ccccc3)cc2)cc1. The first-order valence-electron chi connectivity index (χ1n) is 9.96. The number of hydrogen-bond acceptors (Lipinski definition) is 4. The quantitative estimate of drug-likeness (QED) is 0.647. The molecular weight excluding hydrogens is 362 g/mol. The number of benzene rings is 3. The summed E-state index contributed by atoms with van der Waals surface area (Å²) in [6, 6.07) is 25.7. The van der Waals surface area contributed by atoms with Crippen LogP contribution in [0.15, 0.2) is 78.9 Å². The lowest BCUT2D eigenvalue weighted by atomic mass is 9.88. The molecule has 3 aromatic carbocycles. The molecule has 0 unspecified atom stereocenters. The van der Waals surface area contributed by atoms with Gasteiger partial charge >= 0.3 is 5.97 Å². The molecule has 3 aromatic rings. The minimum atomic E-state index is -0.277. The van der Waals surface area contributed by atoms with E-state index in [0.29, 0.717) is 12.1 Å². The summed E-state index contributed by atoms with van der Waals surface area (Å²) >= 11 is 0. The largest absolute Gasteiger partial charge is 0.497 e. The Morgan fingerprint density at radius 2 is 1.55 bits per heavy atom. The van der Waals surface area contributed by atoms with E-state index in [9.17, 15) is 4.79 Å². The lowest BCUT2D eigenvalue weighted by Gasteiger charge is -2.32. The van der Waals surface area contributed by atoms with Crippen molar-refractivity contribution >= 4 is 5.97 Å². The molecule has 4 rings (SSSR count). The topological polar surface area (TPSA) is 47.6 Å². The zero-order valence-corrected chi connectivity index (χ0v) is 16.5. The lowest BCUT2D eigenvalue weighted by molar-refractivity contribution is 0.0182. The molecule has 1 N–H and O–H groups in total. The average molecular weight is 387 g/mol. The number of carbonyl (C=O) groups is 1. The van der Waals surface area contributed by atoms with Crippen molar-refractivity contribution in [1.29, 1.82) is 0 Å². The van der Waals surface area contributed by atoms with Crippen LogP contribution in [0.1, 0.15) is 28.3 Å². The third-order valence-electron chi connectivity index (χ3n) is 5.46. The van der Waals surface area contributed by atoms with Crippen LogP contribution in [0.2, 0.25) is 0 Å². The molecule has 1 heterocycles. The second-order valence-corrected chi connectivity index (χ2v) is 7.26. The van der Waals surface area contributed by atoms with Crippen LogP contribution in [0, 0.1) is 0 Å². The Hall–Kier alpha value is -3.11. The maximum absolute atomic E-state index is 12.8. The van der Waals surface area contributed by atoms with Gasteiger partial charge in [0.05, 0.1) is 12.7 Å². The van der Waals surface area contributed by atoms with Gasteiger partial charge in [0, 0.05) is 12.5 Å². The molecule has 0 saturated carbocycles. The third-order valence-corrected chi connectivity index (χ3v) is 5.46. The average Bonchev–Trinajstić information content (AvgIpc) is 2.80. The van der Waals surface area contributed by atoms with Crippen LogP contribution in [-0.2, 0) is 4.74 Å². The highest BCUT2D eigenvalue weighted by Gasteiger charge is 2.29. The first-order chi connectivity index (χ1) is 14.2. The molecule has 0 radical (unpaired) electrons. The summed E-state index contributed by atoms with van der Waals surface area (Å²) in [6.07, 6.45) is 0.790. The van der Waals surface area contributed by atoms with Crippen LogP contribution in [-0.4, -0.2) is 32.3 Å². The molecule has 148 valence electrons. The molecule has 2 atom stereocenters. The number of ether oxygens (including phenoxy) is 2. The molecule has 0 bridgehead atoms. The second-order valence-electron chi connectivity index (χ2n) is 7.26. The second kappa shape index (κ2) is 8.93. The number of nitrogens with one attached hydrogen (secondary N) is 1. The van der Waals surface area contributed by atoms with Gasteiger partial charge in [0.1, 0.15) is 11.9 Å². The van der Waals surface area contributed by atoms with Crippen molar-refractivity contribution in [2.45, 2.75) is 18.4 Å². The van der Waals surface area contributed by atoms with Crippen molar-refractivity contribution in [3.8, 4) is 16.9 Å². The molecular formula is C25H25NO3. The highest BCUT2D eigenvalue weighted by Crippen LogP contribution is 2.28. The Bertz CT molecular complexity index is 936. The lowest BCUT2D eigenvalue weighted by Crippen LogP contribution is -2.42. The van der Waals surface area contributed by atoms with Crippen molar-refractivity contribution < 1.29 is 14.3 Å². The highest BCUT2D eigenvalue weighted by molar-refractivity contribution is 5.90. The molecule has 1 fully saturated rings. The molecule has 0 aromatic heterocycles. The van der Waals surface area contributed by atoms with Crippen molar-refractivity contribution in [2.75, 3.05) is 20.2 Å². The number of esters is 1. The molecule has 0 spiro atoms. The highest BCUT2D eigenvalue weighted by atomic mass is 16.5. The summed E-state index contributed by atoms with van der Waals surface area (Å²) < 4.78 is 11.1. The van der Waals surface area contributed by atoms with Crippen LogP contribution in [0.5, 0.6) is 5.75 Å². The van der Waals surface area contributed by atoms with E-state index in [1.807, 2.05) is 66.7 Å². The van der Waals surface area contributed by atoms with Gasteiger partial charge in [0.2, 0.25) is 0 Å². The Balaban J connectivity index is 1.46. The summed E-state index contributed by atoms with van der Waals surface area (Å²) in [4.78, 5) is 12.8. The van der Waals surface area contributed by atoms with Gasteiger partial charge in [-0.3, -0.25) is 0 Å². The zero-order chi connectivity index (χ0) is 20.1. The van der Waals surface area contributed by atoms with E-state index in [2.05, 4.69) is 17.4 Å². The van der Waals surface area contributed by atoms with Crippen molar-refractivity contribution in [2.24, 2.45) is 0 Å². The monoisotopic (exact) mass is 387 g/mol. The Kier molecular flexibility index (Phi) is 5.92. The minimum Gasteiger partial charge on any atom is -0.497 e. The van der Waals surface area contributed by atoms with E-state index in [1.165, 1.54) is 5.56 Å². The summed E-state index contributed by atoms with van der Waals surface area (Å²) in [5.41, 5.74) is 3.92. The van der Waals surface area contributed by atoms with Gasteiger partial charge in [0.25, 0.3) is 0 Å². The summed E-state index contributed by atoms with van der Waals surface area (Å²) in [5.74, 6) is 0.767. The van der Waals surface area contributed by atoms with Gasteiger partial charge in [-0.05, 0) is 53.9 Å². The van der Waals surface area contributed by atoms with E-state index in [-0.39, 0.29) is 18.0 Å². The maximum Gasteiger partial charge on any atom is 0.338 e. The van der Waals surface area contributed by atoms with E-state index in [4.69, 9.17) is 9.47 Å². The zero-order valence-electron chi connectivity index (χ0n) is 16.5.